The van der Waals surface area contributed by atoms with Crippen LogP contribution in [-0.2, 0) is 20.8 Å². The van der Waals surface area contributed by atoms with E-state index in [0.717, 1.165) is 22.4 Å². The number of carbonyl (C=O) groups excluding carboxylic acids is 3. The lowest BCUT2D eigenvalue weighted by molar-refractivity contribution is -0.135. The molecule has 0 spiro atoms. The lowest BCUT2D eigenvalue weighted by Crippen LogP contribution is -2.53. The molecule has 1 fully saturated rings. The van der Waals surface area contributed by atoms with E-state index in [2.05, 4.69) is 18.5 Å². The molecule has 0 aliphatic carbocycles. The molecule has 2 aromatic carbocycles. The van der Waals surface area contributed by atoms with Crippen LogP contribution in [0.4, 0.5) is 5.69 Å². The van der Waals surface area contributed by atoms with Crippen LogP contribution in [0.5, 0.6) is 5.75 Å². The Morgan fingerprint density at radius 2 is 1.90 bits per heavy atom. The first-order chi connectivity index (χ1) is 14.9. The molecule has 6 nitrogen and oxygen atoms in total. The first kappa shape index (κ1) is 20.6. The Morgan fingerprint density at radius 3 is 2.58 bits per heavy atom. The van der Waals surface area contributed by atoms with Crippen molar-refractivity contribution in [2.75, 3.05) is 11.5 Å². The molecule has 2 aromatic rings. The zero-order chi connectivity index (χ0) is 22.1. The van der Waals surface area contributed by atoms with E-state index in [0.29, 0.717) is 36.3 Å². The normalized spacial score (nSPS) is 18.1. The van der Waals surface area contributed by atoms with Gasteiger partial charge in [0.25, 0.3) is 5.91 Å². The van der Waals surface area contributed by atoms with E-state index < -0.39 is 11.9 Å². The van der Waals surface area contributed by atoms with Gasteiger partial charge in [0, 0.05) is 17.6 Å². The molecular weight excluding hydrogens is 392 g/mol. The van der Waals surface area contributed by atoms with Crippen molar-refractivity contribution in [3.8, 4) is 5.75 Å². The van der Waals surface area contributed by atoms with Crippen molar-refractivity contribution in [1.29, 1.82) is 0 Å². The third kappa shape index (κ3) is 3.77. The number of ether oxygens (including phenoxy) is 1. The van der Waals surface area contributed by atoms with Gasteiger partial charge < -0.3 is 4.74 Å². The van der Waals surface area contributed by atoms with Crippen LogP contribution in [0.15, 0.2) is 55.6 Å². The van der Waals surface area contributed by atoms with Crippen LogP contribution < -0.4 is 15.0 Å². The van der Waals surface area contributed by atoms with Crippen molar-refractivity contribution >= 4 is 34.6 Å². The molecule has 0 bridgehead atoms. The molecule has 2 aliphatic heterocycles. The van der Waals surface area contributed by atoms with E-state index in [1.807, 2.05) is 49.4 Å². The number of fused-ring (bicyclic) bond motifs is 1. The molecule has 158 valence electrons. The van der Waals surface area contributed by atoms with Gasteiger partial charge in [-0.3, -0.25) is 24.6 Å². The lowest BCUT2D eigenvalue weighted by Gasteiger charge is -2.30. The van der Waals surface area contributed by atoms with E-state index in [1.165, 1.54) is 4.90 Å². The smallest absolute Gasteiger partial charge is 0.259 e. The number of allylic oxidation sites excluding steroid dienone is 1. The Balaban J connectivity index is 1.63. The van der Waals surface area contributed by atoms with E-state index in [9.17, 15) is 14.4 Å². The number of carbonyl (C=O) groups is 3. The molecule has 3 amide bonds. The number of imide groups is 1. The summed E-state index contributed by atoms with van der Waals surface area (Å²) in [6.07, 6.45) is 1.09. The van der Waals surface area contributed by atoms with Crippen molar-refractivity contribution in [2.45, 2.75) is 32.2 Å². The van der Waals surface area contributed by atoms with E-state index in [4.69, 9.17) is 4.74 Å². The first-order valence-corrected chi connectivity index (χ1v) is 10.3. The maximum Gasteiger partial charge on any atom is 0.259 e. The molecule has 0 saturated carbocycles. The predicted molar refractivity (Wildman–Crippen MR) is 119 cm³/mol. The van der Waals surface area contributed by atoms with E-state index in [-0.39, 0.29) is 18.2 Å². The summed E-state index contributed by atoms with van der Waals surface area (Å²) in [6.45, 7) is 10.8. The topological polar surface area (TPSA) is 75.7 Å². The Labute approximate surface area is 181 Å². The third-order valence-corrected chi connectivity index (χ3v) is 5.64. The van der Waals surface area contributed by atoms with Crippen LogP contribution >= 0.6 is 0 Å². The van der Waals surface area contributed by atoms with Crippen LogP contribution in [0.25, 0.3) is 11.1 Å². The van der Waals surface area contributed by atoms with Crippen molar-refractivity contribution in [3.63, 3.8) is 0 Å². The zero-order valence-electron chi connectivity index (χ0n) is 17.4. The van der Waals surface area contributed by atoms with Gasteiger partial charge in [0.05, 0.1) is 12.3 Å². The molecule has 1 unspecified atom stereocenters. The third-order valence-electron chi connectivity index (χ3n) is 5.64. The summed E-state index contributed by atoms with van der Waals surface area (Å²) in [7, 11) is 0. The fourth-order valence-corrected chi connectivity index (χ4v) is 4.16. The molecule has 4 rings (SSSR count). The molecule has 2 heterocycles. The average molecular weight is 416 g/mol. The highest BCUT2D eigenvalue weighted by molar-refractivity contribution is 6.34. The van der Waals surface area contributed by atoms with E-state index >= 15 is 0 Å². The SMILES string of the molecule is C=C(Cc1ccc(OCC)cc1)c1cccc2c1C(=C)C(=O)N2C1CCC(=O)NC1=O. The van der Waals surface area contributed by atoms with Crippen LogP contribution in [0, 0.1) is 0 Å². The molecule has 1 atom stereocenters. The molecule has 2 aliphatic rings. The highest BCUT2D eigenvalue weighted by atomic mass is 16.5. The number of amides is 3. The molecule has 0 radical (unpaired) electrons. The van der Waals surface area contributed by atoms with Gasteiger partial charge in [-0.2, -0.15) is 0 Å². The molecule has 31 heavy (non-hydrogen) atoms. The second-order valence-electron chi connectivity index (χ2n) is 7.68. The predicted octanol–water partition coefficient (Wildman–Crippen LogP) is 3.51. The number of hydrogen-bond acceptors (Lipinski definition) is 4. The van der Waals surface area contributed by atoms with Crippen LogP contribution in [0.1, 0.15) is 36.5 Å². The van der Waals surface area contributed by atoms with Gasteiger partial charge in [-0.25, -0.2) is 0 Å². The van der Waals surface area contributed by atoms with Gasteiger partial charge in [-0.15, -0.1) is 0 Å². The minimum atomic E-state index is -0.724. The zero-order valence-corrected chi connectivity index (χ0v) is 17.4. The second kappa shape index (κ2) is 8.22. The minimum Gasteiger partial charge on any atom is -0.494 e. The summed E-state index contributed by atoms with van der Waals surface area (Å²) in [5, 5.41) is 2.33. The number of nitrogens with one attached hydrogen (secondary N) is 1. The molecule has 1 N–H and O–H groups in total. The Kier molecular flexibility index (Phi) is 5.46. The maximum absolute atomic E-state index is 13.0. The largest absolute Gasteiger partial charge is 0.494 e. The quantitative estimate of drug-likeness (QED) is 0.578. The number of rotatable bonds is 6. The van der Waals surface area contributed by atoms with Crippen LogP contribution in [0.2, 0.25) is 0 Å². The summed E-state index contributed by atoms with van der Waals surface area (Å²) in [5.74, 6) is -0.268. The summed E-state index contributed by atoms with van der Waals surface area (Å²) in [6, 6.07) is 12.7. The van der Waals surface area contributed by atoms with Gasteiger partial charge in [0.1, 0.15) is 11.8 Å². The highest BCUT2D eigenvalue weighted by Crippen LogP contribution is 2.42. The van der Waals surface area contributed by atoms with Crippen LogP contribution in [-0.4, -0.2) is 30.4 Å². The second-order valence-corrected chi connectivity index (χ2v) is 7.68. The maximum atomic E-state index is 13.0. The number of benzene rings is 2. The summed E-state index contributed by atoms with van der Waals surface area (Å²) in [5.41, 5.74) is 4.42. The van der Waals surface area contributed by atoms with Crippen molar-refractivity contribution < 1.29 is 19.1 Å². The van der Waals surface area contributed by atoms with Gasteiger partial charge in [0.15, 0.2) is 0 Å². The summed E-state index contributed by atoms with van der Waals surface area (Å²) in [4.78, 5) is 38.4. The Bertz CT molecular complexity index is 1100. The fourth-order valence-electron chi connectivity index (χ4n) is 4.16. The first-order valence-electron chi connectivity index (χ1n) is 10.3. The fraction of sp³-hybridized carbons (Fsp3) is 0.240. The average Bonchev–Trinajstić information content (AvgIpc) is 3.00. The van der Waals surface area contributed by atoms with Crippen molar-refractivity contribution in [3.05, 3.63) is 72.3 Å². The highest BCUT2D eigenvalue weighted by Gasteiger charge is 2.42. The van der Waals surface area contributed by atoms with Gasteiger partial charge >= 0.3 is 0 Å². The number of anilines is 1. The molecule has 0 aromatic heterocycles. The number of hydrogen-bond donors (Lipinski definition) is 1. The Morgan fingerprint density at radius 1 is 1.16 bits per heavy atom. The minimum absolute atomic E-state index is 0.201. The van der Waals surface area contributed by atoms with Gasteiger partial charge in [0.2, 0.25) is 11.8 Å². The number of nitrogens with zero attached hydrogens (tertiary/aromatic N) is 1. The van der Waals surface area contributed by atoms with E-state index in [1.54, 1.807) is 0 Å². The molecular formula is C25H24N2O4. The monoisotopic (exact) mass is 416 g/mol. The van der Waals surface area contributed by atoms with Gasteiger partial charge in [-0.1, -0.05) is 37.4 Å². The summed E-state index contributed by atoms with van der Waals surface area (Å²) < 4.78 is 5.49. The number of piperidine rings is 1. The van der Waals surface area contributed by atoms with Crippen molar-refractivity contribution in [2.24, 2.45) is 0 Å². The standard InChI is InChI=1S/C25H24N2O4/c1-4-31-18-10-8-17(9-11-18)14-15(2)19-6-5-7-20-23(19)16(3)25(30)27(20)21-12-13-22(28)26-24(21)29/h5-11,21H,2-4,12-14H2,1H3,(H,26,28,29). The van der Waals surface area contributed by atoms with Gasteiger partial charge in [-0.05, 0) is 54.7 Å². The Hall–Kier alpha value is -3.67. The molecule has 6 heteroatoms. The summed E-state index contributed by atoms with van der Waals surface area (Å²) >= 11 is 0. The molecule has 1 saturated heterocycles. The van der Waals surface area contributed by atoms with Crippen molar-refractivity contribution in [1.82, 2.24) is 5.32 Å². The lowest BCUT2D eigenvalue weighted by atomic mass is 9.92. The van der Waals surface area contributed by atoms with Crippen LogP contribution in [0.3, 0.4) is 0 Å².